The highest BCUT2D eigenvalue weighted by Crippen LogP contribution is 2.21. The molecule has 0 aliphatic heterocycles. The number of hydrogen-bond acceptors (Lipinski definition) is 6. The fraction of sp³-hybridized carbons (Fsp3) is 0.154. The molecule has 0 saturated carbocycles. The first-order valence-corrected chi connectivity index (χ1v) is 11.9. The number of hydrogen-bond donors (Lipinski definition) is 1. The molecule has 0 bridgehead atoms. The van der Waals surface area contributed by atoms with E-state index < -0.39 is 0 Å². The molecule has 0 aliphatic carbocycles. The van der Waals surface area contributed by atoms with Crippen molar-refractivity contribution in [2.75, 3.05) is 12.0 Å². The lowest BCUT2D eigenvalue weighted by atomic mass is 10.1. The molecule has 0 fully saturated rings. The Balaban J connectivity index is 1.56. The maximum atomic E-state index is 13.4. The predicted octanol–water partition coefficient (Wildman–Crippen LogP) is 4.23. The molecule has 0 unspecified atom stereocenters. The van der Waals surface area contributed by atoms with Gasteiger partial charge in [-0.1, -0.05) is 48.5 Å². The first kappa shape index (κ1) is 22.5. The number of thiophene rings is 1. The molecule has 3 heterocycles. The van der Waals surface area contributed by atoms with E-state index >= 15 is 0 Å². The van der Waals surface area contributed by atoms with Gasteiger partial charge in [0.2, 0.25) is 5.95 Å². The summed E-state index contributed by atoms with van der Waals surface area (Å²) in [5.41, 5.74) is 2.86. The van der Waals surface area contributed by atoms with Gasteiger partial charge in [0.15, 0.2) is 0 Å². The standard InChI is InChI=1S/C26H23N5O3S/c1-17-21(15-18-7-4-3-5-8-18)23(32)31-25(27-17)28-26(29-31)30(24(33)22-9-6-14-35-22)16-19-10-12-20(34-2)13-11-19/h3-14H,15-16H2,1-2H3,(H,27,28,29). The van der Waals surface area contributed by atoms with Crippen molar-refractivity contribution in [2.24, 2.45) is 0 Å². The molecule has 8 nitrogen and oxygen atoms in total. The molecule has 0 atom stereocenters. The van der Waals surface area contributed by atoms with E-state index in [4.69, 9.17) is 4.74 Å². The number of ether oxygens (including phenoxy) is 1. The van der Waals surface area contributed by atoms with E-state index in [-0.39, 0.29) is 29.7 Å². The van der Waals surface area contributed by atoms with Crippen LogP contribution in [0.2, 0.25) is 0 Å². The van der Waals surface area contributed by atoms with Crippen molar-refractivity contribution < 1.29 is 9.53 Å². The average Bonchev–Trinajstić information content (AvgIpc) is 3.56. The summed E-state index contributed by atoms with van der Waals surface area (Å²) in [6.07, 6.45) is 0.458. The molecule has 2 aromatic carbocycles. The lowest BCUT2D eigenvalue weighted by Gasteiger charge is -2.19. The van der Waals surface area contributed by atoms with E-state index in [1.807, 2.05) is 66.0 Å². The number of methoxy groups -OCH3 is 1. The Hall–Kier alpha value is -4.24. The summed E-state index contributed by atoms with van der Waals surface area (Å²) in [7, 11) is 1.61. The predicted molar refractivity (Wildman–Crippen MR) is 135 cm³/mol. The Morgan fingerprint density at radius 3 is 2.49 bits per heavy atom. The normalized spacial score (nSPS) is 11.0. The van der Waals surface area contributed by atoms with E-state index in [0.29, 0.717) is 22.6 Å². The quantitative estimate of drug-likeness (QED) is 0.372. The number of rotatable bonds is 7. The monoisotopic (exact) mass is 485 g/mol. The van der Waals surface area contributed by atoms with Crippen LogP contribution in [-0.2, 0) is 13.0 Å². The van der Waals surface area contributed by atoms with Gasteiger partial charge in [-0.25, -0.2) is 4.98 Å². The van der Waals surface area contributed by atoms with Gasteiger partial charge in [0.25, 0.3) is 17.2 Å². The molecule has 0 aliphatic rings. The maximum absolute atomic E-state index is 13.4. The second-order valence-corrected chi connectivity index (χ2v) is 8.99. The Labute approximate surface area is 205 Å². The zero-order valence-electron chi connectivity index (χ0n) is 19.3. The number of H-pyrrole nitrogens is 1. The summed E-state index contributed by atoms with van der Waals surface area (Å²) < 4.78 is 6.55. The van der Waals surface area contributed by atoms with Gasteiger partial charge in [-0.2, -0.15) is 9.50 Å². The molecular weight excluding hydrogens is 462 g/mol. The van der Waals surface area contributed by atoms with Crippen molar-refractivity contribution in [3.63, 3.8) is 0 Å². The van der Waals surface area contributed by atoms with Crippen LogP contribution in [0.4, 0.5) is 5.95 Å². The van der Waals surface area contributed by atoms with Crippen LogP contribution in [0, 0.1) is 6.92 Å². The molecule has 176 valence electrons. The summed E-state index contributed by atoms with van der Waals surface area (Å²) in [5, 5.41) is 4.87. The highest BCUT2D eigenvalue weighted by molar-refractivity contribution is 7.12. The molecule has 3 aromatic heterocycles. The van der Waals surface area contributed by atoms with Gasteiger partial charge in [0, 0.05) is 12.0 Å². The number of fused-ring (bicyclic) bond motifs is 1. The molecule has 5 aromatic rings. The highest BCUT2D eigenvalue weighted by Gasteiger charge is 2.24. The third-order valence-corrected chi connectivity index (χ3v) is 6.60. The van der Waals surface area contributed by atoms with E-state index in [1.165, 1.54) is 20.8 Å². The first-order chi connectivity index (χ1) is 17.0. The summed E-state index contributed by atoms with van der Waals surface area (Å²) in [4.78, 5) is 37.9. The summed E-state index contributed by atoms with van der Waals surface area (Å²) in [6.45, 7) is 2.06. The van der Waals surface area contributed by atoms with Crippen molar-refractivity contribution >= 4 is 29.0 Å². The molecule has 1 amide bonds. The molecule has 35 heavy (non-hydrogen) atoms. The van der Waals surface area contributed by atoms with Crippen LogP contribution in [0.25, 0.3) is 5.78 Å². The molecule has 0 spiro atoms. The minimum absolute atomic E-state index is 0.218. The third-order valence-electron chi connectivity index (χ3n) is 5.74. The Kier molecular flexibility index (Phi) is 6.15. The lowest BCUT2D eigenvalue weighted by Crippen LogP contribution is -2.31. The second kappa shape index (κ2) is 9.55. The van der Waals surface area contributed by atoms with Gasteiger partial charge in [0.05, 0.1) is 24.2 Å². The molecule has 9 heteroatoms. The number of carbonyl (C=O) groups is 1. The van der Waals surface area contributed by atoms with Crippen molar-refractivity contribution in [3.05, 3.63) is 110 Å². The van der Waals surface area contributed by atoms with Crippen molar-refractivity contribution in [1.29, 1.82) is 0 Å². The number of nitrogens with one attached hydrogen (secondary N) is 1. The van der Waals surface area contributed by atoms with Gasteiger partial charge < -0.3 is 4.74 Å². The first-order valence-electron chi connectivity index (χ1n) is 11.0. The number of aromatic amines is 1. The summed E-state index contributed by atoms with van der Waals surface area (Å²) >= 11 is 1.35. The second-order valence-electron chi connectivity index (χ2n) is 8.04. The number of aromatic nitrogens is 4. The van der Waals surface area contributed by atoms with Crippen LogP contribution in [0.1, 0.15) is 32.1 Å². The largest absolute Gasteiger partial charge is 0.497 e. The zero-order chi connectivity index (χ0) is 24.4. The van der Waals surface area contributed by atoms with Crippen LogP contribution in [-0.4, -0.2) is 32.6 Å². The van der Waals surface area contributed by atoms with Gasteiger partial charge in [-0.3, -0.25) is 19.6 Å². The minimum atomic E-state index is -0.233. The number of anilines is 1. The number of benzene rings is 2. The van der Waals surface area contributed by atoms with E-state index in [2.05, 4.69) is 15.1 Å². The topological polar surface area (TPSA) is 92.6 Å². The minimum Gasteiger partial charge on any atom is -0.497 e. The van der Waals surface area contributed by atoms with Gasteiger partial charge in [0.1, 0.15) is 5.75 Å². The SMILES string of the molecule is COc1ccc(CN(C(=O)c2cccs2)c2nc3nc(C)c(Cc4ccccc4)c(=O)n3[nH]2)cc1. The van der Waals surface area contributed by atoms with Crippen molar-refractivity contribution in [3.8, 4) is 5.75 Å². The van der Waals surface area contributed by atoms with Crippen molar-refractivity contribution in [1.82, 2.24) is 19.6 Å². The Morgan fingerprint density at radius 2 is 1.80 bits per heavy atom. The Morgan fingerprint density at radius 1 is 1.03 bits per heavy atom. The molecule has 5 rings (SSSR count). The number of aryl methyl sites for hydroxylation is 1. The fourth-order valence-electron chi connectivity index (χ4n) is 3.86. The third kappa shape index (κ3) is 4.58. The molecule has 1 N–H and O–H groups in total. The zero-order valence-corrected chi connectivity index (χ0v) is 20.1. The van der Waals surface area contributed by atoms with Crippen LogP contribution >= 0.6 is 11.3 Å². The summed E-state index contributed by atoms with van der Waals surface area (Å²) in [5.74, 6) is 0.980. The lowest BCUT2D eigenvalue weighted by molar-refractivity contribution is 0.0987. The smallest absolute Gasteiger partial charge is 0.277 e. The Bertz CT molecular complexity index is 1520. The van der Waals surface area contributed by atoms with E-state index in [0.717, 1.165) is 16.9 Å². The van der Waals surface area contributed by atoms with Gasteiger partial charge in [-0.05, 0) is 41.6 Å². The maximum Gasteiger partial charge on any atom is 0.277 e. The van der Waals surface area contributed by atoms with E-state index in [1.54, 1.807) is 20.1 Å². The molecule has 0 saturated heterocycles. The number of carbonyl (C=O) groups excluding carboxylic acids is 1. The molecular formula is C26H23N5O3S. The average molecular weight is 486 g/mol. The van der Waals surface area contributed by atoms with Gasteiger partial charge in [-0.15, -0.1) is 11.3 Å². The van der Waals surface area contributed by atoms with Gasteiger partial charge >= 0.3 is 0 Å². The summed E-state index contributed by atoms with van der Waals surface area (Å²) in [6, 6.07) is 20.8. The fourth-order valence-corrected chi connectivity index (χ4v) is 4.53. The number of nitrogens with zero attached hydrogens (tertiary/aromatic N) is 4. The molecule has 0 radical (unpaired) electrons. The van der Waals surface area contributed by atoms with Crippen LogP contribution < -0.4 is 15.2 Å². The van der Waals surface area contributed by atoms with E-state index in [9.17, 15) is 9.59 Å². The van der Waals surface area contributed by atoms with Crippen molar-refractivity contribution in [2.45, 2.75) is 19.9 Å². The number of amides is 1. The van der Waals surface area contributed by atoms with Crippen LogP contribution in [0.5, 0.6) is 5.75 Å². The van der Waals surface area contributed by atoms with Crippen LogP contribution in [0.3, 0.4) is 0 Å². The highest BCUT2D eigenvalue weighted by atomic mass is 32.1. The van der Waals surface area contributed by atoms with Crippen LogP contribution in [0.15, 0.2) is 76.9 Å².